The van der Waals surface area contributed by atoms with E-state index >= 15 is 0 Å². The van der Waals surface area contributed by atoms with Gasteiger partial charge in [0.15, 0.2) is 11.5 Å². The first kappa shape index (κ1) is 22.7. The van der Waals surface area contributed by atoms with Gasteiger partial charge in [0, 0.05) is 55.2 Å². The Morgan fingerprint density at radius 3 is 2.59 bits per heavy atom. The van der Waals surface area contributed by atoms with Crippen LogP contribution in [0.15, 0.2) is 67.0 Å². The Kier molecular flexibility index (Phi) is 6.97. The maximum Gasteiger partial charge on any atom is 0.254 e. The van der Waals surface area contributed by atoms with E-state index in [4.69, 9.17) is 21.1 Å². The van der Waals surface area contributed by atoms with Crippen LogP contribution in [0.25, 0.3) is 0 Å². The topological polar surface area (TPSA) is 54.9 Å². The number of piperidine rings is 1. The number of fused-ring (bicyclic) bond motifs is 1. The van der Waals surface area contributed by atoms with Crippen LogP contribution >= 0.6 is 11.6 Å². The van der Waals surface area contributed by atoms with Crippen LogP contribution in [0.2, 0.25) is 5.02 Å². The van der Waals surface area contributed by atoms with Crippen LogP contribution < -0.4 is 9.47 Å². The number of pyridine rings is 1. The largest absolute Gasteiger partial charge is 0.454 e. The van der Waals surface area contributed by atoms with Crippen molar-refractivity contribution in [1.29, 1.82) is 0 Å². The number of ether oxygens (including phenoxy) is 2. The van der Waals surface area contributed by atoms with E-state index in [0.29, 0.717) is 23.6 Å². The van der Waals surface area contributed by atoms with Gasteiger partial charge in [-0.25, -0.2) is 0 Å². The minimum Gasteiger partial charge on any atom is -0.454 e. The van der Waals surface area contributed by atoms with Crippen molar-refractivity contribution >= 4 is 17.5 Å². The maximum atomic E-state index is 13.7. The molecule has 0 bridgehead atoms. The molecule has 1 aromatic heterocycles. The summed E-state index contributed by atoms with van der Waals surface area (Å²) in [6.45, 7) is 3.68. The molecule has 0 atom stereocenters. The van der Waals surface area contributed by atoms with Crippen molar-refractivity contribution in [2.75, 3.05) is 26.4 Å². The highest BCUT2D eigenvalue weighted by molar-refractivity contribution is 6.30. The molecule has 2 aliphatic rings. The second-order valence-electron chi connectivity index (χ2n) is 8.81. The Morgan fingerprint density at radius 1 is 1.03 bits per heavy atom. The first-order valence-corrected chi connectivity index (χ1v) is 12.1. The van der Waals surface area contributed by atoms with E-state index in [2.05, 4.69) is 22.0 Å². The van der Waals surface area contributed by atoms with E-state index in [1.165, 1.54) is 5.56 Å². The van der Waals surface area contributed by atoms with Crippen LogP contribution in [0.4, 0.5) is 0 Å². The highest BCUT2D eigenvalue weighted by atomic mass is 35.5. The van der Waals surface area contributed by atoms with Crippen LogP contribution in [0.5, 0.6) is 11.5 Å². The molecule has 176 valence electrons. The molecule has 34 heavy (non-hydrogen) atoms. The standard InChI is InChI=1S/C27H28ClN3O3/c28-23-6-3-20(4-7-23)9-13-30-14-10-24(11-15-30)31(18-21-2-1-12-29-17-21)27(32)22-5-8-25-26(16-22)34-19-33-25/h1-8,12,16-17,24H,9-11,13-15,18-19H2. The van der Waals surface area contributed by atoms with Crippen LogP contribution in [-0.4, -0.2) is 53.2 Å². The summed E-state index contributed by atoms with van der Waals surface area (Å²) >= 11 is 6.00. The number of carbonyl (C=O) groups excluding carboxylic acids is 1. The normalized spacial score (nSPS) is 15.9. The predicted octanol–water partition coefficient (Wildman–Crippen LogP) is 4.81. The van der Waals surface area contributed by atoms with Crippen LogP contribution in [-0.2, 0) is 13.0 Å². The molecule has 1 saturated heterocycles. The minimum atomic E-state index is 0.0155. The predicted molar refractivity (Wildman–Crippen MR) is 131 cm³/mol. The Morgan fingerprint density at radius 2 is 1.82 bits per heavy atom. The van der Waals surface area contributed by atoms with E-state index < -0.39 is 0 Å². The number of hydrogen-bond donors (Lipinski definition) is 0. The molecule has 3 heterocycles. The molecule has 1 amide bonds. The van der Waals surface area contributed by atoms with E-state index in [0.717, 1.165) is 49.5 Å². The SMILES string of the molecule is O=C(c1ccc2c(c1)OCO2)N(Cc1cccnc1)C1CCN(CCc2ccc(Cl)cc2)CC1. The number of hydrogen-bond acceptors (Lipinski definition) is 5. The van der Waals surface area contributed by atoms with Crippen molar-refractivity contribution in [3.05, 3.63) is 88.7 Å². The first-order chi connectivity index (χ1) is 16.7. The summed E-state index contributed by atoms with van der Waals surface area (Å²) in [6.07, 6.45) is 6.47. The van der Waals surface area contributed by atoms with Gasteiger partial charge in [0.2, 0.25) is 6.79 Å². The van der Waals surface area contributed by atoms with Gasteiger partial charge in [-0.15, -0.1) is 0 Å². The van der Waals surface area contributed by atoms with E-state index in [1.54, 1.807) is 12.3 Å². The average molecular weight is 478 g/mol. The summed E-state index contributed by atoms with van der Waals surface area (Å²) in [7, 11) is 0. The zero-order chi connectivity index (χ0) is 23.3. The summed E-state index contributed by atoms with van der Waals surface area (Å²) in [5.41, 5.74) is 2.95. The van der Waals surface area contributed by atoms with Gasteiger partial charge < -0.3 is 19.3 Å². The van der Waals surface area contributed by atoms with Crippen molar-refractivity contribution in [2.45, 2.75) is 31.8 Å². The van der Waals surface area contributed by atoms with Gasteiger partial charge in [0.25, 0.3) is 5.91 Å². The number of aromatic nitrogens is 1. The van der Waals surface area contributed by atoms with Gasteiger partial charge in [0.1, 0.15) is 0 Å². The quantitative estimate of drug-likeness (QED) is 0.488. The van der Waals surface area contributed by atoms with Crippen LogP contribution in [0.1, 0.15) is 34.3 Å². The number of benzene rings is 2. The molecular weight excluding hydrogens is 450 g/mol. The third-order valence-electron chi connectivity index (χ3n) is 6.58. The number of amides is 1. The summed E-state index contributed by atoms with van der Waals surface area (Å²) in [4.78, 5) is 22.4. The fraction of sp³-hybridized carbons (Fsp3) is 0.333. The average Bonchev–Trinajstić information content (AvgIpc) is 3.36. The highest BCUT2D eigenvalue weighted by Crippen LogP contribution is 2.33. The zero-order valence-corrected chi connectivity index (χ0v) is 19.8. The summed E-state index contributed by atoms with van der Waals surface area (Å²) in [6, 6.07) is 17.6. The second-order valence-corrected chi connectivity index (χ2v) is 9.25. The lowest BCUT2D eigenvalue weighted by molar-refractivity contribution is 0.0550. The minimum absolute atomic E-state index is 0.0155. The summed E-state index contributed by atoms with van der Waals surface area (Å²) in [5.74, 6) is 1.33. The highest BCUT2D eigenvalue weighted by Gasteiger charge is 2.29. The number of carbonyl (C=O) groups is 1. The first-order valence-electron chi connectivity index (χ1n) is 11.7. The van der Waals surface area contributed by atoms with E-state index in [1.807, 2.05) is 47.5 Å². The molecule has 2 aromatic carbocycles. The molecule has 1 fully saturated rings. The number of rotatable bonds is 7. The summed E-state index contributed by atoms with van der Waals surface area (Å²) in [5, 5.41) is 0.769. The third-order valence-corrected chi connectivity index (χ3v) is 6.84. The number of halogens is 1. The van der Waals surface area contributed by atoms with Crippen molar-refractivity contribution in [3.8, 4) is 11.5 Å². The van der Waals surface area contributed by atoms with E-state index in [-0.39, 0.29) is 18.7 Å². The smallest absolute Gasteiger partial charge is 0.254 e. The van der Waals surface area contributed by atoms with Crippen LogP contribution in [0.3, 0.4) is 0 Å². The Labute approximate surface area is 205 Å². The zero-order valence-electron chi connectivity index (χ0n) is 19.0. The van der Waals surface area contributed by atoms with Gasteiger partial charge in [-0.3, -0.25) is 9.78 Å². The van der Waals surface area contributed by atoms with Gasteiger partial charge in [-0.2, -0.15) is 0 Å². The van der Waals surface area contributed by atoms with Crippen molar-refractivity contribution in [1.82, 2.24) is 14.8 Å². The molecule has 0 unspecified atom stereocenters. The monoisotopic (exact) mass is 477 g/mol. The van der Waals surface area contributed by atoms with Crippen molar-refractivity contribution < 1.29 is 14.3 Å². The molecular formula is C27H28ClN3O3. The molecule has 2 aliphatic heterocycles. The molecule has 0 saturated carbocycles. The number of nitrogens with zero attached hydrogens (tertiary/aromatic N) is 3. The lowest BCUT2D eigenvalue weighted by atomic mass is 10.00. The fourth-order valence-corrected chi connectivity index (χ4v) is 4.77. The van der Waals surface area contributed by atoms with Gasteiger partial charge in [-0.1, -0.05) is 29.8 Å². The Hall–Kier alpha value is -3.09. The molecule has 6 nitrogen and oxygen atoms in total. The maximum absolute atomic E-state index is 13.7. The Balaban J connectivity index is 1.26. The molecule has 5 rings (SSSR count). The van der Waals surface area contributed by atoms with Gasteiger partial charge in [-0.05, 0) is 66.8 Å². The van der Waals surface area contributed by atoms with E-state index in [9.17, 15) is 4.79 Å². The molecule has 0 aliphatic carbocycles. The van der Waals surface area contributed by atoms with Crippen molar-refractivity contribution in [2.24, 2.45) is 0 Å². The fourth-order valence-electron chi connectivity index (χ4n) is 4.64. The number of likely N-dealkylation sites (tertiary alicyclic amines) is 1. The molecule has 0 spiro atoms. The molecule has 3 aromatic rings. The molecule has 0 radical (unpaired) electrons. The second kappa shape index (κ2) is 10.5. The summed E-state index contributed by atoms with van der Waals surface area (Å²) < 4.78 is 10.9. The molecule has 7 heteroatoms. The lowest BCUT2D eigenvalue weighted by Gasteiger charge is -2.38. The van der Waals surface area contributed by atoms with Crippen molar-refractivity contribution in [3.63, 3.8) is 0 Å². The van der Waals surface area contributed by atoms with Crippen LogP contribution in [0, 0.1) is 0 Å². The van der Waals surface area contributed by atoms with Gasteiger partial charge >= 0.3 is 0 Å². The third kappa shape index (κ3) is 5.34. The van der Waals surface area contributed by atoms with Gasteiger partial charge in [0.05, 0.1) is 0 Å². The lowest BCUT2D eigenvalue weighted by Crippen LogP contribution is -2.47. The molecule has 0 N–H and O–H groups in total. The Bertz CT molecular complexity index is 1120.